The van der Waals surface area contributed by atoms with Crippen molar-refractivity contribution in [1.29, 1.82) is 0 Å². The van der Waals surface area contributed by atoms with E-state index in [1.54, 1.807) is 0 Å². The van der Waals surface area contributed by atoms with Gasteiger partial charge in [-0.3, -0.25) is 0 Å². The largest absolute Gasteiger partial charge is 0.350 e. The van der Waals surface area contributed by atoms with Gasteiger partial charge in [0.25, 0.3) is 0 Å². The summed E-state index contributed by atoms with van der Waals surface area (Å²) in [5, 5.41) is 4.29. The van der Waals surface area contributed by atoms with Crippen LogP contribution in [0.25, 0.3) is 0 Å². The third-order valence-electron chi connectivity index (χ3n) is 3.01. The molecular weight excluding hydrogens is 250 g/mol. The van der Waals surface area contributed by atoms with Gasteiger partial charge in [-0.15, -0.1) is 0 Å². The van der Waals surface area contributed by atoms with Crippen molar-refractivity contribution in [3.05, 3.63) is 34.9 Å². The summed E-state index contributed by atoms with van der Waals surface area (Å²) in [5.41, 5.74) is 1.19. The Morgan fingerprint density at radius 3 is 2.83 bits per heavy atom. The normalized spacial score (nSPS) is 18.1. The highest BCUT2D eigenvalue weighted by Gasteiger charge is 2.22. The molecule has 0 amide bonds. The summed E-state index contributed by atoms with van der Waals surface area (Å²) >= 11 is 6.05. The lowest BCUT2D eigenvalue weighted by Crippen LogP contribution is -2.26. The average Bonchev–Trinajstić information content (AvgIpc) is 2.87. The van der Waals surface area contributed by atoms with Crippen LogP contribution >= 0.6 is 11.6 Å². The van der Waals surface area contributed by atoms with Crippen LogP contribution in [-0.4, -0.2) is 26.0 Å². The minimum absolute atomic E-state index is 0.0988. The fraction of sp³-hybridized carbons (Fsp3) is 0.571. The predicted octanol–water partition coefficient (Wildman–Crippen LogP) is 3.14. The van der Waals surface area contributed by atoms with E-state index in [2.05, 4.69) is 18.3 Å². The first-order valence-electron chi connectivity index (χ1n) is 6.51. The molecule has 1 unspecified atom stereocenters. The Morgan fingerprint density at radius 2 is 2.17 bits per heavy atom. The first-order chi connectivity index (χ1) is 8.79. The number of hydrogen-bond donors (Lipinski definition) is 1. The molecular formula is C14H20ClNO2. The van der Waals surface area contributed by atoms with Gasteiger partial charge in [0, 0.05) is 17.5 Å². The summed E-state index contributed by atoms with van der Waals surface area (Å²) < 4.78 is 11.0. The van der Waals surface area contributed by atoms with Crippen LogP contribution in [0.3, 0.4) is 0 Å². The van der Waals surface area contributed by atoms with E-state index in [0.29, 0.717) is 13.2 Å². The lowest BCUT2D eigenvalue weighted by Gasteiger charge is -2.21. The van der Waals surface area contributed by atoms with Crippen LogP contribution in [0.1, 0.15) is 31.4 Å². The molecule has 0 aromatic heterocycles. The van der Waals surface area contributed by atoms with Crippen molar-refractivity contribution >= 4 is 11.6 Å². The maximum atomic E-state index is 6.05. The van der Waals surface area contributed by atoms with Crippen LogP contribution in [0.2, 0.25) is 5.02 Å². The van der Waals surface area contributed by atoms with Gasteiger partial charge in [0.15, 0.2) is 6.29 Å². The maximum absolute atomic E-state index is 6.05. The number of nitrogens with one attached hydrogen (secondary N) is 1. The first kappa shape index (κ1) is 13.8. The maximum Gasteiger partial charge on any atom is 0.159 e. The molecule has 4 heteroatoms. The molecule has 0 bridgehead atoms. The van der Waals surface area contributed by atoms with Crippen LogP contribution in [0.4, 0.5) is 0 Å². The predicted molar refractivity (Wildman–Crippen MR) is 72.8 cm³/mol. The van der Waals surface area contributed by atoms with E-state index in [0.717, 1.165) is 24.4 Å². The standard InChI is InChI=1S/C14H20ClNO2/c1-2-6-16-13(10-14-17-7-8-18-14)11-4-3-5-12(15)9-11/h3-5,9,13-14,16H,2,6-8,10H2,1H3. The smallest absolute Gasteiger partial charge is 0.159 e. The fourth-order valence-corrected chi connectivity index (χ4v) is 2.31. The monoisotopic (exact) mass is 269 g/mol. The molecule has 1 atom stereocenters. The summed E-state index contributed by atoms with van der Waals surface area (Å²) in [6.07, 6.45) is 1.82. The zero-order valence-electron chi connectivity index (χ0n) is 10.7. The number of rotatable bonds is 6. The van der Waals surface area contributed by atoms with Gasteiger partial charge < -0.3 is 14.8 Å². The SMILES string of the molecule is CCCNC(CC1OCCO1)c1cccc(Cl)c1. The van der Waals surface area contributed by atoms with Crippen molar-refractivity contribution in [3.8, 4) is 0 Å². The lowest BCUT2D eigenvalue weighted by molar-refractivity contribution is -0.0530. The Balaban J connectivity index is 2.03. The first-order valence-corrected chi connectivity index (χ1v) is 6.89. The molecule has 2 rings (SSSR count). The van der Waals surface area contributed by atoms with Gasteiger partial charge >= 0.3 is 0 Å². The fourth-order valence-electron chi connectivity index (χ4n) is 2.11. The third kappa shape index (κ3) is 3.95. The molecule has 1 aliphatic heterocycles. The Bertz CT molecular complexity index is 367. The molecule has 1 aromatic carbocycles. The second kappa shape index (κ2) is 7.10. The summed E-state index contributed by atoms with van der Waals surface area (Å²) in [6, 6.07) is 8.20. The zero-order valence-corrected chi connectivity index (χ0v) is 11.5. The molecule has 0 saturated carbocycles. The zero-order chi connectivity index (χ0) is 12.8. The second-order valence-corrected chi connectivity index (χ2v) is 4.90. The van der Waals surface area contributed by atoms with Gasteiger partial charge in [0.1, 0.15) is 0 Å². The molecule has 1 saturated heterocycles. The third-order valence-corrected chi connectivity index (χ3v) is 3.25. The van der Waals surface area contributed by atoms with Crippen LogP contribution in [-0.2, 0) is 9.47 Å². The molecule has 1 aromatic rings. The van der Waals surface area contributed by atoms with E-state index in [9.17, 15) is 0 Å². The van der Waals surface area contributed by atoms with Crippen molar-refractivity contribution in [1.82, 2.24) is 5.32 Å². The Hall–Kier alpha value is -0.610. The Morgan fingerprint density at radius 1 is 1.39 bits per heavy atom. The Kier molecular flexibility index (Phi) is 5.45. The van der Waals surface area contributed by atoms with E-state index in [1.165, 1.54) is 5.56 Å². The van der Waals surface area contributed by atoms with E-state index >= 15 is 0 Å². The highest BCUT2D eigenvalue weighted by atomic mass is 35.5. The van der Waals surface area contributed by atoms with Crippen LogP contribution in [0.5, 0.6) is 0 Å². The van der Waals surface area contributed by atoms with Crippen molar-refractivity contribution in [2.45, 2.75) is 32.1 Å². The van der Waals surface area contributed by atoms with E-state index in [4.69, 9.17) is 21.1 Å². The molecule has 1 N–H and O–H groups in total. The minimum Gasteiger partial charge on any atom is -0.350 e. The van der Waals surface area contributed by atoms with Gasteiger partial charge in [0.05, 0.1) is 13.2 Å². The van der Waals surface area contributed by atoms with Crippen molar-refractivity contribution in [2.24, 2.45) is 0 Å². The van der Waals surface area contributed by atoms with Crippen LogP contribution in [0.15, 0.2) is 24.3 Å². The minimum atomic E-state index is -0.0988. The van der Waals surface area contributed by atoms with Gasteiger partial charge in [-0.2, -0.15) is 0 Å². The number of ether oxygens (including phenoxy) is 2. The van der Waals surface area contributed by atoms with Gasteiger partial charge in [0.2, 0.25) is 0 Å². The van der Waals surface area contributed by atoms with E-state index in [-0.39, 0.29) is 12.3 Å². The molecule has 1 heterocycles. The highest BCUT2D eigenvalue weighted by Crippen LogP contribution is 2.24. The summed E-state index contributed by atoms with van der Waals surface area (Å²) in [4.78, 5) is 0. The van der Waals surface area contributed by atoms with Crippen molar-refractivity contribution in [2.75, 3.05) is 19.8 Å². The molecule has 0 radical (unpaired) electrons. The highest BCUT2D eigenvalue weighted by molar-refractivity contribution is 6.30. The van der Waals surface area contributed by atoms with E-state index < -0.39 is 0 Å². The molecule has 100 valence electrons. The van der Waals surface area contributed by atoms with Crippen LogP contribution < -0.4 is 5.32 Å². The molecule has 0 aliphatic carbocycles. The Labute approximate surface area is 113 Å². The molecule has 3 nitrogen and oxygen atoms in total. The topological polar surface area (TPSA) is 30.5 Å². The molecule has 18 heavy (non-hydrogen) atoms. The molecule has 1 aliphatic rings. The second-order valence-electron chi connectivity index (χ2n) is 4.47. The lowest BCUT2D eigenvalue weighted by atomic mass is 10.0. The molecule has 0 spiro atoms. The van der Waals surface area contributed by atoms with Gasteiger partial charge in [-0.1, -0.05) is 30.7 Å². The number of benzene rings is 1. The summed E-state index contributed by atoms with van der Waals surface area (Å²) in [7, 11) is 0. The summed E-state index contributed by atoms with van der Waals surface area (Å²) in [5.74, 6) is 0. The van der Waals surface area contributed by atoms with Crippen molar-refractivity contribution < 1.29 is 9.47 Å². The van der Waals surface area contributed by atoms with Crippen LogP contribution in [0, 0.1) is 0 Å². The molecule has 1 fully saturated rings. The quantitative estimate of drug-likeness (QED) is 0.861. The summed E-state index contributed by atoms with van der Waals surface area (Å²) in [6.45, 7) is 4.52. The number of hydrogen-bond acceptors (Lipinski definition) is 3. The van der Waals surface area contributed by atoms with Gasteiger partial charge in [-0.05, 0) is 30.7 Å². The number of halogens is 1. The van der Waals surface area contributed by atoms with Gasteiger partial charge in [-0.25, -0.2) is 0 Å². The van der Waals surface area contributed by atoms with E-state index in [1.807, 2.05) is 18.2 Å². The van der Waals surface area contributed by atoms with Crippen molar-refractivity contribution in [3.63, 3.8) is 0 Å². The average molecular weight is 270 g/mol.